The lowest BCUT2D eigenvalue weighted by Gasteiger charge is -2.34. The van der Waals surface area contributed by atoms with Gasteiger partial charge in [0.05, 0.1) is 20.1 Å². The smallest absolute Gasteiger partial charge is 0.230 e. The Hall–Kier alpha value is -2.41. The van der Waals surface area contributed by atoms with E-state index in [1.807, 2.05) is 29.2 Å². The number of benzene rings is 1. The van der Waals surface area contributed by atoms with Crippen LogP contribution in [0.1, 0.15) is 36.1 Å². The monoisotopic (exact) mass is 356 g/mol. The molecule has 138 valence electrons. The van der Waals surface area contributed by atoms with Gasteiger partial charge in [-0.1, -0.05) is 12.1 Å². The molecule has 26 heavy (non-hydrogen) atoms. The molecular formula is C19H24N4O3. The van der Waals surface area contributed by atoms with Crippen LogP contribution in [0, 0.1) is 0 Å². The van der Waals surface area contributed by atoms with Gasteiger partial charge in [0.25, 0.3) is 0 Å². The Bertz CT molecular complexity index is 746. The second-order valence-corrected chi connectivity index (χ2v) is 6.99. The van der Waals surface area contributed by atoms with Crippen molar-refractivity contribution in [2.24, 2.45) is 0 Å². The molecule has 7 nitrogen and oxygen atoms in total. The number of piperazine rings is 1. The molecule has 1 saturated heterocycles. The number of aromatic nitrogens is 2. The number of methoxy groups -OCH3 is 1. The minimum atomic E-state index is 0.170. The highest BCUT2D eigenvalue weighted by Gasteiger charge is 2.30. The number of hydrogen-bond donors (Lipinski definition) is 0. The summed E-state index contributed by atoms with van der Waals surface area (Å²) < 4.78 is 10.9. The Morgan fingerprint density at radius 1 is 1.15 bits per heavy atom. The maximum Gasteiger partial charge on any atom is 0.230 e. The van der Waals surface area contributed by atoms with Crippen LogP contribution in [-0.4, -0.2) is 59.2 Å². The van der Waals surface area contributed by atoms with E-state index in [-0.39, 0.29) is 5.91 Å². The Morgan fingerprint density at radius 3 is 2.54 bits per heavy atom. The molecule has 7 heteroatoms. The average Bonchev–Trinajstić information content (AvgIpc) is 3.42. The van der Waals surface area contributed by atoms with E-state index in [9.17, 15) is 4.79 Å². The quantitative estimate of drug-likeness (QED) is 0.786. The Balaban J connectivity index is 1.24. The third-order valence-electron chi connectivity index (χ3n) is 5.01. The van der Waals surface area contributed by atoms with E-state index in [0.29, 0.717) is 24.8 Å². The van der Waals surface area contributed by atoms with Gasteiger partial charge >= 0.3 is 0 Å². The van der Waals surface area contributed by atoms with Crippen LogP contribution in [0.5, 0.6) is 5.75 Å². The number of rotatable bonds is 6. The minimum absolute atomic E-state index is 0.170. The Labute approximate surface area is 152 Å². The van der Waals surface area contributed by atoms with Gasteiger partial charge in [0, 0.05) is 32.1 Å². The number of carbonyl (C=O) groups excluding carboxylic acids is 1. The summed E-state index contributed by atoms with van der Waals surface area (Å²) in [6.07, 6.45) is 2.76. The molecule has 2 aromatic rings. The molecule has 1 aromatic heterocycles. The van der Waals surface area contributed by atoms with Crippen LogP contribution in [0.2, 0.25) is 0 Å². The SMILES string of the molecule is COc1ccc(CC(=O)N2CCN(Cc3nnc(C4CC4)o3)CC2)cc1. The van der Waals surface area contributed by atoms with Gasteiger partial charge in [-0.05, 0) is 30.5 Å². The molecule has 0 bridgehead atoms. The van der Waals surface area contributed by atoms with Crippen molar-refractivity contribution in [1.29, 1.82) is 0 Å². The maximum absolute atomic E-state index is 12.5. The van der Waals surface area contributed by atoms with Crippen molar-refractivity contribution in [3.63, 3.8) is 0 Å². The zero-order chi connectivity index (χ0) is 17.9. The van der Waals surface area contributed by atoms with Gasteiger partial charge in [-0.3, -0.25) is 9.69 Å². The lowest BCUT2D eigenvalue weighted by atomic mass is 10.1. The summed E-state index contributed by atoms with van der Waals surface area (Å²) >= 11 is 0. The largest absolute Gasteiger partial charge is 0.497 e. The maximum atomic E-state index is 12.5. The summed E-state index contributed by atoms with van der Waals surface area (Å²) in [5.74, 6) is 2.94. The van der Waals surface area contributed by atoms with Gasteiger partial charge in [-0.15, -0.1) is 10.2 Å². The van der Waals surface area contributed by atoms with Crippen LogP contribution in [0.15, 0.2) is 28.7 Å². The Morgan fingerprint density at radius 2 is 1.88 bits per heavy atom. The minimum Gasteiger partial charge on any atom is -0.497 e. The van der Waals surface area contributed by atoms with Crippen molar-refractivity contribution in [3.05, 3.63) is 41.6 Å². The molecule has 0 spiro atoms. The number of hydrogen-bond acceptors (Lipinski definition) is 6. The van der Waals surface area contributed by atoms with E-state index in [2.05, 4.69) is 15.1 Å². The second-order valence-electron chi connectivity index (χ2n) is 6.99. The predicted molar refractivity (Wildman–Crippen MR) is 94.8 cm³/mol. The predicted octanol–water partition coefficient (Wildman–Crippen LogP) is 1.84. The van der Waals surface area contributed by atoms with Crippen LogP contribution >= 0.6 is 0 Å². The Kier molecular flexibility index (Phi) is 4.88. The molecule has 2 fully saturated rings. The van der Waals surface area contributed by atoms with E-state index < -0.39 is 0 Å². The molecule has 0 radical (unpaired) electrons. The summed E-state index contributed by atoms with van der Waals surface area (Å²) in [6.45, 7) is 3.79. The fourth-order valence-corrected chi connectivity index (χ4v) is 3.20. The van der Waals surface area contributed by atoms with Gasteiger partial charge in [-0.25, -0.2) is 0 Å². The van der Waals surface area contributed by atoms with Crippen molar-refractivity contribution < 1.29 is 13.9 Å². The van der Waals surface area contributed by atoms with E-state index >= 15 is 0 Å². The molecule has 1 aliphatic heterocycles. The molecule has 2 heterocycles. The van der Waals surface area contributed by atoms with Crippen LogP contribution < -0.4 is 4.74 Å². The van der Waals surface area contributed by atoms with Crippen LogP contribution in [0.4, 0.5) is 0 Å². The topological polar surface area (TPSA) is 71.7 Å². The molecule has 0 unspecified atom stereocenters. The molecule has 1 aliphatic carbocycles. The van der Waals surface area contributed by atoms with E-state index in [4.69, 9.17) is 9.15 Å². The molecule has 1 aromatic carbocycles. The van der Waals surface area contributed by atoms with Crippen molar-refractivity contribution in [2.75, 3.05) is 33.3 Å². The van der Waals surface area contributed by atoms with Gasteiger partial charge in [0.1, 0.15) is 5.75 Å². The highest BCUT2D eigenvalue weighted by molar-refractivity contribution is 5.78. The molecule has 2 aliphatic rings. The van der Waals surface area contributed by atoms with E-state index in [0.717, 1.165) is 56.2 Å². The summed E-state index contributed by atoms with van der Waals surface area (Å²) in [4.78, 5) is 16.7. The standard InChI is InChI=1S/C19H24N4O3/c1-25-16-6-2-14(3-7-16)12-18(24)23-10-8-22(9-11-23)13-17-20-21-19(26-17)15-4-5-15/h2-3,6-7,15H,4-5,8-13H2,1H3. The van der Waals surface area contributed by atoms with Gasteiger partial charge in [-0.2, -0.15) is 0 Å². The summed E-state index contributed by atoms with van der Waals surface area (Å²) in [7, 11) is 1.64. The van der Waals surface area contributed by atoms with E-state index in [1.165, 1.54) is 0 Å². The average molecular weight is 356 g/mol. The number of ether oxygens (including phenoxy) is 1. The third kappa shape index (κ3) is 4.04. The lowest BCUT2D eigenvalue weighted by Crippen LogP contribution is -2.48. The van der Waals surface area contributed by atoms with Gasteiger partial charge in [0.2, 0.25) is 17.7 Å². The fourth-order valence-electron chi connectivity index (χ4n) is 3.20. The molecule has 1 saturated carbocycles. The fraction of sp³-hybridized carbons (Fsp3) is 0.526. The van der Waals surface area contributed by atoms with Crippen molar-refractivity contribution in [1.82, 2.24) is 20.0 Å². The molecule has 0 N–H and O–H groups in total. The lowest BCUT2D eigenvalue weighted by molar-refractivity contribution is -0.132. The van der Waals surface area contributed by atoms with Gasteiger partial charge < -0.3 is 14.1 Å². The summed E-state index contributed by atoms with van der Waals surface area (Å²) in [6, 6.07) is 7.67. The van der Waals surface area contributed by atoms with Crippen LogP contribution in [0.25, 0.3) is 0 Å². The van der Waals surface area contributed by atoms with Gasteiger partial charge in [0.15, 0.2) is 0 Å². The normalized spacial score (nSPS) is 18.1. The highest BCUT2D eigenvalue weighted by Crippen LogP contribution is 2.39. The summed E-state index contributed by atoms with van der Waals surface area (Å²) in [5, 5.41) is 8.28. The number of nitrogens with zero attached hydrogens (tertiary/aromatic N) is 4. The molecule has 0 atom stereocenters. The van der Waals surface area contributed by atoms with Crippen molar-refractivity contribution >= 4 is 5.91 Å². The first-order valence-corrected chi connectivity index (χ1v) is 9.16. The van der Waals surface area contributed by atoms with Crippen molar-refractivity contribution in [3.8, 4) is 5.75 Å². The van der Waals surface area contributed by atoms with E-state index in [1.54, 1.807) is 7.11 Å². The van der Waals surface area contributed by atoms with Crippen molar-refractivity contribution in [2.45, 2.75) is 31.7 Å². The summed E-state index contributed by atoms with van der Waals surface area (Å²) in [5.41, 5.74) is 1.01. The van der Waals surface area contributed by atoms with Crippen LogP contribution in [-0.2, 0) is 17.8 Å². The highest BCUT2D eigenvalue weighted by atomic mass is 16.5. The first kappa shape index (κ1) is 17.0. The third-order valence-corrected chi connectivity index (χ3v) is 5.01. The molecule has 1 amide bonds. The number of carbonyl (C=O) groups is 1. The molecular weight excluding hydrogens is 332 g/mol. The first-order chi connectivity index (χ1) is 12.7. The number of amides is 1. The van der Waals surface area contributed by atoms with Crippen LogP contribution in [0.3, 0.4) is 0 Å². The zero-order valence-corrected chi connectivity index (χ0v) is 15.1. The second kappa shape index (κ2) is 7.45. The first-order valence-electron chi connectivity index (χ1n) is 9.16. The molecule has 4 rings (SSSR count). The zero-order valence-electron chi connectivity index (χ0n) is 15.1.